The van der Waals surface area contributed by atoms with Crippen LogP contribution in [0, 0.1) is 0 Å². The zero-order valence-corrected chi connectivity index (χ0v) is 12.0. The van der Waals surface area contributed by atoms with E-state index in [0.29, 0.717) is 24.0 Å². The molecule has 2 nitrogen and oxygen atoms in total. The Morgan fingerprint density at radius 2 is 2.18 bits per heavy atom. The van der Waals surface area contributed by atoms with Crippen molar-refractivity contribution in [3.05, 3.63) is 28.3 Å². The predicted octanol–water partition coefficient (Wildman–Crippen LogP) is 4.30. The van der Waals surface area contributed by atoms with Gasteiger partial charge in [-0.1, -0.05) is 39.2 Å². The van der Waals surface area contributed by atoms with Crippen LogP contribution in [0.15, 0.2) is 17.7 Å². The number of allylic oxidation sites excluding steroid dienone is 1. The van der Waals surface area contributed by atoms with Crippen molar-refractivity contribution >= 4 is 33.6 Å². The zero-order chi connectivity index (χ0) is 12.3. The number of halogens is 2. The van der Waals surface area contributed by atoms with Crippen LogP contribution in [0.5, 0.6) is 11.5 Å². The first-order chi connectivity index (χ1) is 8.20. The summed E-state index contributed by atoms with van der Waals surface area (Å²) in [7, 11) is 0. The number of fused-ring (bicyclic) bond motifs is 1. The molecule has 1 aliphatic heterocycles. The van der Waals surface area contributed by atoms with Crippen LogP contribution in [0.1, 0.15) is 18.9 Å². The molecule has 0 unspecified atom stereocenters. The molecule has 1 aromatic carbocycles. The van der Waals surface area contributed by atoms with Crippen molar-refractivity contribution in [2.45, 2.75) is 13.3 Å². The maximum atomic E-state index is 6.20. The molecule has 0 aromatic heterocycles. The van der Waals surface area contributed by atoms with E-state index in [2.05, 4.69) is 28.9 Å². The minimum atomic E-state index is 0.609. The standard InChI is InChI=1S/C13H14BrClO2/c1-9(8-14)5-10-6-11(15)13-12(7-10)16-3-2-4-17-13/h5-7H,2-4,8H2,1H3. The SMILES string of the molecule is CC(=Cc1cc(Cl)c2c(c1)OCCCO2)CBr. The van der Waals surface area contributed by atoms with E-state index in [1.807, 2.05) is 12.1 Å². The largest absolute Gasteiger partial charge is 0.489 e. The number of alkyl halides is 1. The topological polar surface area (TPSA) is 18.5 Å². The lowest BCUT2D eigenvalue weighted by Gasteiger charge is -2.10. The molecule has 1 heterocycles. The minimum absolute atomic E-state index is 0.609. The van der Waals surface area contributed by atoms with Gasteiger partial charge < -0.3 is 9.47 Å². The molecule has 0 spiro atoms. The van der Waals surface area contributed by atoms with Crippen molar-refractivity contribution in [1.82, 2.24) is 0 Å². The number of benzene rings is 1. The first-order valence-electron chi connectivity index (χ1n) is 5.53. The fourth-order valence-corrected chi connectivity index (χ4v) is 2.09. The molecule has 1 aliphatic rings. The Morgan fingerprint density at radius 3 is 2.94 bits per heavy atom. The summed E-state index contributed by atoms with van der Waals surface area (Å²) in [4.78, 5) is 0. The van der Waals surface area contributed by atoms with Crippen LogP contribution >= 0.6 is 27.5 Å². The highest BCUT2D eigenvalue weighted by molar-refractivity contribution is 9.09. The molecule has 4 heteroatoms. The smallest absolute Gasteiger partial charge is 0.179 e. The van der Waals surface area contributed by atoms with Crippen LogP contribution < -0.4 is 9.47 Å². The third-order valence-corrected chi connectivity index (χ3v) is 3.61. The fraction of sp³-hybridized carbons (Fsp3) is 0.385. The van der Waals surface area contributed by atoms with Crippen LogP contribution in [0.25, 0.3) is 6.08 Å². The average molecular weight is 318 g/mol. The van der Waals surface area contributed by atoms with Gasteiger partial charge in [-0.15, -0.1) is 0 Å². The maximum absolute atomic E-state index is 6.20. The molecular formula is C13H14BrClO2. The molecule has 0 fully saturated rings. The van der Waals surface area contributed by atoms with Crippen molar-refractivity contribution in [2.75, 3.05) is 18.5 Å². The summed E-state index contributed by atoms with van der Waals surface area (Å²) in [5.41, 5.74) is 2.27. The van der Waals surface area contributed by atoms with E-state index in [0.717, 1.165) is 23.1 Å². The van der Waals surface area contributed by atoms with Crippen molar-refractivity contribution in [3.63, 3.8) is 0 Å². The van der Waals surface area contributed by atoms with Gasteiger partial charge in [0.2, 0.25) is 0 Å². The summed E-state index contributed by atoms with van der Waals surface area (Å²) in [5.74, 6) is 1.40. The molecule has 17 heavy (non-hydrogen) atoms. The van der Waals surface area contributed by atoms with Gasteiger partial charge in [0, 0.05) is 11.8 Å². The lowest BCUT2D eigenvalue weighted by atomic mass is 10.1. The molecule has 0 saturated carbocycles. The Labute approximate surface area is 115 Å². The number of ether oxygens (including phenoxy) is 2. The summed E-state index contributed by atoms with van der Waals surface area (Å²) in [6, 6.07) is 3.87. The monoisotopic (exact) mass is 316 g/mol. The molecule has 1 aromatic rings. The van der Waals surface area contributed by atoms with Crippen molar-refractivity contribution in [2.24, 2.45) is 0 Å². The Morgan fingerprint density at radius 1 is 1.41 bits per heavy atom. The molecule has 2 rings (SSSR count). The van der Waals surface area contributed by atoms with Crippen LogP contribution in [0.2, 0.25) is 5.02 Å². The molecule has 92 valence electrons. The Hall–Kier alpha value is -0.670. The molecule has 0 radical (unpaired) electrons. The summed E-state index contributed by atoms with van der Waals surface area (Å²) in [6.45, 7) is 3.39. The zero-order valence-electron chi connectivity index (χ0n) is 9.63. The molecular weight excluding hydrogens is 303 g/mol. The highest BCUT2D eigenvalue weighted by Crippen LogP contribution is 2.38. The van der Waals surface area contributed by atoms with E-state index < -0.39 is 0 Å². The second-order valence-electron chi connectivity index (χ2n) is 4.00. The van der Waals surface area contributed by atoms with Gasteiger partial charge in [-0.2, -0.15) is 0 Å². The Balaban J connectivity index is 2.38. The predicted molar refractivity (Wildman–Crippen MR) is 74.5 cm³/mol. The number of hydrogen-bond acceptors (Lipinski definition) is 2. The summed E-state index contributed by atoms with van der Waals surface area (Å²) in [6.07, 6.45) is 2.96. The summed E-state index contributed by atoms with van der Waals surface area (Å²) >= 11 is 9.62. The summed E-state index contributed by atoms with van der Waals surface area (Å²) in [5, 5.41) is 1.46. The third kappa shape index (κ3) is 3.17. The van der Waals surface area contributed by atoms with Crippen LogP contribution in [0.3, 0.4) is 0 Å². The van der Waals surface area contributed by atoms with Gasteiger partial charge in [-0.25, -0.2) is 0 Å². The fourth-order valence-electron chi connectivity index (χ4n) is 1.66. The summed E-state index contributed by atoms with van der Waals surface area (Å²) < 4.78 is 11.2. The second kappa shape index (κ2) is 5.78. The van der Waals surface area contributed by atoms with Gasteiger partial charge in [-0.05, 0) is 24.6 Å². The lowest BCUT2D eigenvalue weighted by molar-refractivity contribution is 0.297. The van der Waals surface area contributed by atoms with Gasteiger partial charge in [0.1, 0.15) is 0 Å². The normalized spacial score (nSPS) is 15.6. The van der Waals surface area contributed by atoms with Gasteiger partial charge >= 0.3 is 0 Å². The van der Waals surface area contributed by atoms with Crippen molar-refractivity contribution in [1.29, 1.82) is 0 Å². The molecule has 0 atom stereocenters. The lowest BCUT2D eigenvalue weighted by Crippen LogP contribution is -1.97. The second-order valence-corrected chi connectivity index (χ2v) is 4.97. The van der Waals surface area contributed by atoms with Gasteiger partial charge in [-0.3, -0.25) is 0 Å². The molecule has 0 amide bonds. The van der Waals surface area contributed by atoms with E-state index in [9.17, 15) is 0 Å². The highest BCUT2D eigenvalue weighted by atomic mass is 79.9. The minimum Gasteiger partial charge on any atom is -0.489 e. The number of hydrogen-bond donors (Lipinski definition) is 0. The first kappa shape index (κ1) is 12.8. The third-order valence-electron chi connectivity index (χ3n) is 2.45. The quantitative estimate of drug-likeness (QED) is 0.757. The van der Waals surface area contributed by atoms with Gasteiger partial charge in [0.25, 0.3) is 0 Å². The van der Waals surface area contributed by atoms with Crippen molar-refractivity contribution in [3.8, 4) is 11.5 Å². The Bertz CT molecular complexity index is 443. The van der Waals surface area contributed by atoms with E-state index in [-0.39, 0.29) is 0 Å². The first-order valence-corrected chi connectivity index (χ1v) is 7.03. The highest BCUT2D eigenvalue weighted by Gasteiger charge is 2.14. The maximum Gasteiger partial charge on any atom is 0.179 e. The van der Waals surface area contributed by atoms with Gasteiger partial charge in [0.15, 0.2) is 11.5 Å². The van der Waals surface area contributed by atoms with E-state index in [1.165, 1.54) is 5.57 Å². The van der Waals surface area contributed by atoms with E-state index >= 15 is 0 Å². The number of rotatable bonds is 2. The van der Waals surface area contributed by atoms with Crippen LogP contribution in [0.4, 0.5) is 0 Å². The van der Waals surface area contributed by atoms with Crippen LogP contribution in [-0.4, -0.2) is 18.5 Å². The molecule has 0 bridgehead atoms. The van der Waals surface area contributed by atoms with Crippen LogP contribution in [-0.2, 0) is 0 Å². The Kier molecular flexibility index (Phi) is 4.35. The average Bonchev–Trinajstić information content (AvgIpc) is 2.54. The molecule has 0 aliphatic carbocycles. The van der Waals surface area contributed by atoms with E-state index in [1.54, 1.807) is 0 Å². The van der Waals surface area contributed by atoms with Gasteiger partial charge in [0.05, 0.1) is 18.2 Å². The molecule has 0 N–H and O–H groups in total. The molecule has 0 saturated heterocycles. The van der Waals surface area contributed by atoms with E-state index in [4.69, 9.17) is 21.1 Å². The van der Waals surface area contributed by atoms with Crippen molar-refractivity contribution < 1.29 is 9.47 Å².